The molecule has 178 valence electrons. The summed E-state index contributed by atoms with van der Waals surface area (Å²) in [5.74, 6) is -1.46. The van der Waals surface area contributed by atoms with Gasteiger partial charge in [0, 0.05) is 18.8 Å². The lowest BCUT2D eigenvalue weighted by Crippen LogP contribution is -2.60. The second-order valence-corrected chi connectivity index (χ2v) is 8.76. The van der Waals surface area contributed by atoms with Gasteiger partial charge in [0.15, 0.2) is 11.6 Å². The molecule has 2 aliphatic heterocycles. The first kappa shape index (κ1) is 23.7. The molecule has 1 saturated heterocycles. The summed E-state index contributed by atoms with van der Waals surface area (Å²) in [6.45, 7) is 3.28. The molecule has 0 bridgehead atoms. The van der Waals surface area contributed by atoms with E-state index in [1.807, 2.05) is 0 Å². The minimum atomic E-state index is -1.52. The first-order valence-electron chi connectivity index (χ1n) is 11.2. The molecule has 10 heteroatoms. The van der Waals surface area contributed by atoms with Crippen molar-refractivity contribution < 1.29 is 14.4 Å². The predicted octanol–water partition coefficient (Wildman–Crippen LogP) is 1.48. The SMILES string of the molecule is NC(=O)C1(c2ccc(NC(=O)c3ccccc3Cl)cc2)NC=NC1C(=O)NCCN1CCCC1. The second-order valence-electron chi connectivity index (χ2n) is 8.35. The molecule has 34 heavy (non-hydrogen) atoms. The molecule has 0 radical (unpaired) electrons. The predicted molar refractivity (Wildman–Crippen MR) is 131 cm³/mol. The van der Waals surface area contributed by atoms with E-state index in [1.165, 1.54) is 19.2 Å². The van der Waals surface area contributed by atoms with Gasteiger partial charge in [0.25, 0.3) is 11.8 Å². The maximum absolute atomic E-state index is 13.0. The number of amides is 3. The van der Waals surface area contributed by atoms with Gasteiger partial charge in [-0.25, -0.2) is 0 Å². The molecular formula is C24H27ClN6O3. The van der Waals surface area contributed by atoms with Crippen molar-refractivity contribution in [3.05, 3.63) is 64.7 Å². The van der Waals surface area contributed by atoms with Crippen LogP contribution in [-0.4, -0.2) is 61.2 Å². The number of likely N-dealkylation sites (tertiary alicyclic amines) is 1. The number of hydrogen-bond acceptors (Lipinski definition) is 6. The summed E-state index contributed by atoms with van der Waals surface area (Å²) in [5.41, 5.74) is 5.56. The summed E-state index contributed by atoms with van der Waals surface area (Å²) < 4.78 is 0. The zero-order valence-electron chi connectivity index (χ0n) is 18.6. The summed E-state index contributed by atoms with van der Waals surface area (Å²) in [5, 5.41) is 8.89. The molecule has 9 nitrogen and oxygen atoms in total. The van der Waals surface area contributed by atoms with Gasteiger partial charge in [0.1, 0.15) is 0 Å². The standard InChI is InChI=1S/C24H27ClN6O3/c25-19-6-2-1-5-18(19)21(32)30-17-9-7-16(8-10-17)24(23(26)34)20(28-15-29-24)22(33)27-11-14-31-12-3-4-13-31/h1-2,5-10,15,20H,3-4,11-14H2,(H2,26,34)(H,27,33)(H,28,29)(H,30,32). The van der Waals surface area contributed by atoms with Crippen molar-refractivity contribution in [3.63, 3.8) is 0 Å². The average molecular weight is 483 g/mol. The van der Waals surface area contributed by atoms with E-state index >= 15 is 0 Å². The molecule has 2 unspecified atom stereocenters. The van der Waals surface area contributed by atoms with Crippen LogP contribution in [0.5, 0.6) is 0 Å². The molecule has 3 amide bonds. The first-order valence-corrected chi connectivity index (χ1v) is 11.6. The highest BCUT2D eigenvalue weighted by Gasteiger charge is 2.52. The molecule has 5 N–H and O–H groups in total. The summed E-state index contributed by atoms with van der Waals surface area (Å²) in [4.78, 5) is 44.6. The van der Waals surface area contributed by atoms with E-state index in [1.54, 1.807) is 48.5 Å². The lowest BCUT2D eigenvalue weighted by atomic mass is 9.82. The van der Waals surface area contributed by atoms with Crippen LogP contribution < -0.4 is 21.7 Å². The Hall–Kier alpha value is -3.43. The van der Waals surface area contributed by atoms with Crippen LogP contribution >= 0.6 is 11.6 Å². The van der Waals surface area contributed by atoms with Gasteiger partial charge in [-0.2, -0.15) is 0 Å². The Balaban J connectivity index is 1.47. The Morgan fingerprint density at radius 2 is 1.82 bits per heavy atom. The van der Waals surface area contributed by atoms with Gasteiger partial charge in [0.2, 0.25) is 5.91 Å². The number of nitrogens with one attached hydrogen (secondary N) is 3. The lowest BCUT2D eigenvalue weighted by Gasteiger charge is -2.31. The average Bonchev–Trinajstić information content (AvgIpc) is 3.50. The van der Waals surface area contributed by atoms with Crippen molar-refractivity contribution in [1.82, 2.24) is 15.5 Å². The van der Waals surface area contributed by atoms with Gasteiger partial charge in [-0.3, -0.25) is 19.4 Å². The van der Waals surface area contributed by atoms with E-state index in [4.69, 9.17) is 17.3 Å². The minimum absolute atomic E-state index is 0.343. The quantitative estimate of drug-likeness (QED) is 0.453. The van der Waals surface area contributed by atoms with Gasteiger partial charge >= 0.3 is 0 Å². The summed E-state index contributed by atoms with van der Waals surface area (Å²) in [7, 11) is 0. The van der Waals surface area contributed by atoms with Gasteiger partial charge in [-0.1, -0.05) is 35.9 Å². The van der Waals surface area contributed by atoms with Crippen molar-refractivity contribution >= 4 is 41.3 Å². The van der Waals surface area contributed by atoms with E-state index in [0.29, 0.717) is 28.4 Å². The summed E-state index contributed by atoms with van der Waals surface area (Å²) >= 11 is 6.09. The number of aliphatic imine (C=N–C) groups is 1. The highest BCUT2D eigenvalue weighted by atomic mass is 35.5. The Kier molecular flexibility index (Phi) is 7.14. The number of hydrogen-bond donors (Lipinski definition) is 4. The molecular weight excluding hydrogens is 456 g/mol. The minimum Gasteiger partial charge on any atom is -0.367 e. The maximum Gasteiger partial charge on any atom is 0.257 e. The van der Waals surface area contributed by atoms with Crippen LogP contribution in [0.1, 0.15) is 28.8 Å². The third-order valence-electron chi connectivity index (χ3n) is 6.21. The number of nitrogens with two attached hydrogens (primary N) is 1. The number of anilines is 1. The molecule has 2 atom stereocenters. The Labute approximate surface area is 202 Å². The van der Waals surface area contributed by atoms with Crippen LogP contribution in [0.15, 0.2) is 53.5 Å². The highest BCUT2D eigenvalue weighted by Crippen LogP contribution is 2.31. The molecule has 2 aromatic rings. The molecule has 1 fully saturated rings. The maximum atomic E-state index is 13.0. The van der Waals surface area contributed by atoms with Crippen molar-refractivity contribution in [3.8, 4) is 0 Å². The molecule has 4 rings (SSSR count). The molecule has 0 saturated carbocycles. The van der Waals surface area contributed by atoms with Crippen molar-refractivity contribution in [2.24, 2.45) is 10.7 Å². The van der Waals surface area contributed by atoms with E-state index < -0.39 is 17.5 Å². The normalized spacial score (nSPS) is 21.7. The third kappa shape index (κ3) is 4.76. The molecule has 2 heterocycles. The topological polar surface area (TPSA) is 129 Å². The van der Waals surface area contributed by atoms with Crippen LogP contribution in [0.3, 0.4) is 0 Å². The smallest absolute Gasteiger partial charge is 0.257 e. The van der Waals surface area contributed by atoms with E-state index in [2.05, 4.69) is 25.8 Å². The van der Waals surface area contributed by atoms with E-state index in [-0.39, 0.29) is 11.8 Å². The van der Waals surface area contributed by atoms with Crippen molar-refractivity contribution in [1.29, 1.82) is 0 Å². The number of rotatable bonds is 8. The second kappa shape index (κ2) is 10.2. The van der Waals surface area contributed by atoms with Gasteiger partial charge in [-0.05, 0) is 55.8 Å². The monoisotopic (exact) mass is 482 g/mol. The molecule has 0 spiro atoms. The third-order valence-corrected chi connectivity index (χ3v) is 6.54. The van der Waals surface area contributed by atoms with Crippen LogP contribution in [0.2, 0.25) is 5.02 Å². The number of benzene rings is 2. The van der Waals surface area contributed by atoms with Gasteiger partial charge < -0.3 is 26.6 Å². The number of carbonyl (C=O) groups is 3. The first-order chi connectivity index (χ1) is 16.4. The summed E-state index contributed by atoms with van der Waals surface area (Å²) in [6.07, 6.45) is 3.68. The zero-order valence-corrected chi connectivity index (χ0v) is 19.3. The van der Waals surface area contributed by atoms with Crippen LogP contribution in [0.25, 0.3) is 0 Å². The summed E-state index contributed by atoms with van der Waals surface area (Å²) in [6, 6.07) is 12.2. The fourth-order valence-electron chi connectivity index (χ4n) is 4.36. The number of nitrogens with zero attached hydrogens (tertiary/aromatic N) is 2. The largest absolute Gasteiger partial charge is 0.367 e. The van der Waals surface area contributed by atoms with Crippen LogP contribution in [0.4, 0.5) is 5.69 Å². The van der Waals surface area contributed by atoms with E-state index in [0.717, 1.165) is 19.6 Å². The Bertz CT molecular complexity index is 1100. The van der Waals surface area contributed by atoms with Crippen molar-refractivity contribution in [2.75, 3.05) is 31.5 Å². The van der Waals surface area contributed by atoms with Crippen LogP contribution in [-0.2, 0) is 15.1 Å². The molecule has 2 aromatic carbocycles. The lowest BCUT2D eigenvalue weighted by molar-refractivity contribution is -0.131. The Morgan fingerprint density at radius 1 is 1.12 bits per heavy atom. The van der Waals surface area contributed by atoms with Gasteiger partial charge in [0.05, 0.1) is 16.9 Å². The fourth-order valence-corrected chi connectivity index (χ4v) is 4.58. The highest BCUT2D eigenvalue weighted by molar-refractivity contribution is 6.34. The fraction of sp³-hybridized carbons (Fsp3) is 0.333. The molecule has 0 aliphatic carbocycles. The van der Waals surface area contributed by atoms with Crippen molar-refractivity contribution in [2.45, 2.75) is 24.4 Å². The number of primary amides is 1. The van der Waals surface area contributed by atoms with Crippen LogP contribution in [0, 0.1) is 0 Å². The Morgan fingerprint density at radius 3 is 2.50 bits per heavy atom. The van der Waals surface area contributed by atoms with Gasteiger partial charge in [-0.15, -0.1) is 0 Å². The number of carbonyl (C=O) groups excluding carboxylic acids is 3. The molecule has 0 aromatic heterocycles. The number of halogens is 1. The zero-order chi connectivity index (χ0) is 24.1. The molecule has 2 aliphatic rings. The van der Waals surface area contributed by atoms with E-state index in [9.17, 15) is 14.4 Å².